The average molecular weight is 389 g/mol. The third-order valence-corrected chi connectivity index (χ3v) is 5.22. The van der Waals surface area contributed by atoms with Gasteiger partial charge in [0.1, 0.15) is 5.65 Å². The summed E-state index contributed by atoms with van der Waals surface area (Å²) in [6, 6.07) is 12.1. The van der Waals surface area contributed by atoms with E-state index in [0.717, 1.165) is 46.6 Å². The molecule has 0 aliphatic rings. The molecule has 1 aromatic carbocycles. The van der Waals surface area contributed by atoms with Gasteiger partial charge in [0.2, 0.25) is 0 Å². The van der Waals surface area contributed by atoms with Crippen LogP contribution in [-0.4, -0.2) is 24.3 Å². The molecule has 0 unspecified atom stereocenters. The van der Waals surface area contributed by atoms with E-state index in [9.17, 15) is 5.11 Å². The number of nitrogens with zero attached hydrogens (tertiary/aromatic N) is 4. The predicted octanol–water partition coefficient (Wildman–Crippen LogP) is 5.14. The lowest BCUT2D eigenvalue weighted by atomic mass is 9.95. The van der Waals surface area contributed by atoms with Crippen LogP contribution >= 0.6 is 0 Å². The van der Waals surface area contributed by atoms with Gasteiger partial charge >= 0.3 is 0 Å². The highest BCUT2D eigenvalue weighted by molar-refractivity contribution is 5.68. The second kappa shape index (κ2) is 7.48. The van der Waals surface area contributed by atoms with Gasteiger partial charge in [0, 0.05) is 30.7 Å². The number of hydrogen-bond acceptors (Lipinski definition) is 3. The van der Waals surface area contributed by atoms with Gasteiger partial charge in [-0.25, -0.2) is 4.98 Å². The topological polar surface area (TPSA) is 55.4 Å². The molecular weight excluding hydrogens is 360 g/mol. The summed E-state index contributed by atoms with van der Waals surface area (Å²) in [4.78, 5) is 4.75. The first kappa shape index (κ1) is 19.4. The number of aliphatic hydroxyl groups is 1. The SMILES string of the molecule is CC(C)CCn1cc(-c2cn3cc(-c4cccc(C(C)(C)O)c4)ccc3n2)cn1. The largest absolute Gasteiger partial charge is 0.386 e. The van der Waals surface area contributed by atoms with Crippen molar-refractivity contribution in [3.05, 3.63) is 66.7 Å². The summed E-state index contributed by atoms with van der Waals surface area (Å²) < 4.78 is 4.04. The molecule has 5 heteroatoms. The maximum absolute atomic E-state index is 10.3. The molecule has 3 aromatic heterocycles. The lowest BCUT2D eigenvalue weighted by molar-refractivity contribution is 0.0786. The highest BCUT2D eigenvalue weighted by Crippen LogP contribution is 2.27. The average Bonchev–Trinajstić information content (AvgIpc) is 3.32. The van der Waals surface area contributed by atoms with Gasteiger partial charge in [-0.05, 0) is 61.1 Å². The van der Waals surface area contributed by atoms with Crippen LogP contribution in [-0.2, 0) is 12.1 Å². The number of aromatic nitrogens is 4. The second-order valence-electron chi connectivity index (χ2n) is 8.62. The number of benzene rings is 1. The molecule has 0 aliphatic heterocycles. The predicted molar refractivity (Wildman–Crippen MR) is 117 cm³/mol. The summed E-state index contributed by atoms with van der Waals surface area (Å²) in [5.41, 5.74) is 5.04. The van der Waals surface area contributed by atoms with Gasteiger partial charge < -0.3 is 9.51 Å². The molecule has 0 amide bonds. The fourth-order valence-corrected chi connectivity index (χ4v) is 3.39. The summed E-state index contributed by atoms with van der Waals surface area (Å²) in [6.07, 6.45) is 9.19. The Morgan fingerprint density at radius 3 is 2.59 bits per heavy atom. The molecule has 29 heavy (non-hydrogen) atoms. The van der Waals surface area contributed by atoms with Gasteiger partial charge in [-0.1, -0.05) is 32.0 Å². The van der Waals surface area contributed by atoms with Gasteiger partial charge in [0.15, 0.2) is 0 Å². The van der Waals surface area contributed by atoms with Crippen molar-refractivity contribution in [1.82, 2.24) is 19.2 Å². The Morgan fingerprint density at radius 1 is 1.00 bits per heavy atom. The molecule has 0 saturated heterocycles. The minimum atomic E-state index is -0.863. The first-order chi connectivity index (χ1) is 13.8. The van der Waals surface area contributed by atoms with Crippen LogP contribution in [0.25, 0.3) is 28.0 Å². The zero-order chi connectivity index (χ0) is 20.6. The second-order valence-corrected chi connectivity index (χ2v) is 8.62. The lowest BCUT2D eigenvalue weighted by Crippen LogP contribution is -2.15. The number of aryl methyl sites for hydroxylation is 1. The smallest absolute Gasteiger partial charge is 0.137 e. The van der Waals surface area contributed by atoms with Crippen LogP contribution in [0, 0.1) is 5.92 Å². The molecule has 4 rings (SSSR count). The quantitative estimate of drug-likeness (QED) is 0.498. The van der Waals surface area contributed by atoms with Gasteiger partial charge in [-0.2, -0.15) is 5.10 Å². The monoisotopic (exact) mass is 388 g/mol. The molecule has 0 saturated carbocycles. The van der Waals surface area contributed by atoms with Crippen LogP contribution in [0.15, 0.2) is 61.2 Å². The third kappa shape index (κ3) is 4.25. The minimum Gasteiger partial charge on any atom is -0.386 e. The standard InChI is InChI=1S/C24H28N4O/c1-17(2)10-11-28-15-20(13-25-28)22-16-27-14-19(8-9-23(27)26-22)18-6-5-7-21(12-18)24(3,4)29/h5-9,12-17,29H,10-11H2,1-4H3. The number of pyridine rings is 1. The van der Waals surface area contributed by atoms with E-state index in [1.807, 2.05) is 45.7 Å². The Balaban J connectivity index is 1.63. The summed E-state index contributed by atoms with van der Waals surface area (Å²) in [7, 11) is 0. The van der Waals surface area contributed by atoms with Crippen LogP contribution in [0.5, 0.6) is 0 Å². The molecule has 0 bridgehead atoms. The number of fused-ring (bicyclic) bond motifs is 1. The fourth-order valence-electron chi connectivity index (χ4n) is 3.39. The molecule has 150 valence electrons. The fraction of sp³-hybridized carbons (Fsp3) is 0.333. The van der Waals surface area contributed by atoms with Gasteiger partial charge in [0.05, 0.1) is 17.5 Å². The van der Waals surface area contributed by atoms with Gasteiger partial charge in [-0.15, -0.1) is 0 Å². The van der Waals surface area contributed by atoms with Crippen molar-refractivity contribution in [2.45, 2.75) is 46.3 Å². The van der Waals surface area contributed by atoms with E-state index in [-0.39, 0.29) is 0 Å². The van der Waals surface area contributed by atoms with Crippen LogP contribution in [0.3, 0.4) is 0 Å². The van der Waals surface area contributed by atoms with Crippen molar-refractivity contribution >= 4 is 5.65 Å². The summed E-state index contributed by atoms with van der Waals surface area (Å²) in [6.45, 7) is 8.98. The van der Waals surface area contributed by atoms with E-state index in [1.165, 1.54) is 0 Å². The molecule has 1 N–H and O–H groups in total. The Morgan fingerprint density at radius 2 is 1.83 bits per heavy atom. The van der Waals surface area contributed by atoms with E-state index in [4.69, 9.17) is 4.98 Å². The molecule has 0 radical (unpaired) electrons. The van der Waals surface area contributed by atoms with Crippen molar-refractivity contribution in [2.24, 2.45) is 5.92 Å². The Kier molecular flexibility index (Phi) is 5.01. The molecular formula is C24H28N4O. The van der Waals surface area contributed by atoms with E-state index in [2.05, 4.69) is 43.5 Å². The van der Waals surface area contributed by atoms with Crippen LogP contribution in [0.1, 0.15) is 39.7 Å². The number of imidazole rings is 1. The molecule has 0 spiro atoms. The minimum absolute atomic E-state index is 0.658. The Bertz CT molecular complexity index is 1130. The molecule has 0 aliphatic carbocycles. The zero-order valence-corrected chi connectivity index (χ0v) is 17.5. The van der Waals surface area contributed by atoms with Crippen LogP contribution in [0.2, 0.25) is 0 Å². The van der Waals surface area contributed by atoms with E-state index < -0.39 is 5.60 Å². The van der Waals surface area contributed by atoms with Gasteiger partial charge in [0.25, 0.3) is 0 Å². The van der Waals surface area contributed by atoms with Crippen molar-refractivity contribution < 1.29 is 5.11 Å². The molecule has 4 aromatic rings. The van der Waals surface area contributed by atoms with Crippen LogP contribution < -0.4 is 0 Å². The van der Waals surface area contributed by atoms with Crippen molar-refractivity contribution in [1.29, 1.82) is 0 Å². The van der Waals surface area contributed by atoms with E-state index in [0.29, 0.717) is 5.92 Å². The molecule has 5 nitrogen and oxygen atoms in total. The molecule has 0 fully saturated rings. The summed E-state index contributed by atoms with van der Waals surface area (Å²) in [5, 5.41) is 14.8. The van der Waals surface area contributed by atoms with Crippen molar-refractivity contribution in [2.75, 3.05) is 0 Å². The number of rotatable bonds is 6. The van der Waals surface area contributed by atoms with Crippen molar-refractivity contribution in [3.8, 4) is 22.4 Å². The molecule has 0 atom stereocenters. The lowest BCUT2D eigenvalue weighted by Gasteiger charge is -2.18. The van der Waals surface area contributed by atoms with Gasteiger partial charge in [-0.3, -0.25) is 4.68 Å². The highest BCUT2D eigenvalue weighted by Gasteiger charge is 2.16. The highest BCUT2D eigenvalue weighted by atomic mass is 16.3. The first-order valence-corrected chi connectivity index (χ1v) is 10.1. The van der Waals surface area contributed by atoms with Crippen molar-refractivity contribution in [3.63, 3.8) is 0 Å². The normalized spacial score (nSPS) is 12.2. The third-order valence-electron chi connectivity index (χ3n) is 5.22. The summed E-state index contributed by atoms with van der Waals surface area (Å²) >= 11 is 0. The Labute approximate surface area is 171 Å². The van der Waals surface area contributed by atoms with Crippen LogP contribution in [0.4, 0.5) is 0 Å². The zero-order valence-electron chi connectivity index (χ0n) is 17.5. The van der Waals surface area contributed by atoms with E-state index in [1.54, 1.807) is 13.8 Å². The maximum atomic E-state index is 10.3. The number of hydrogen-bond donors (Lipinski definition) is 1. The maximum Gasteiger partial charge on any atom is 0.137 e. The first-order valence-electron chi connectivity index (χ1n) is 10.1. The van der Waals surface area contributed by atoms with E-state index >= 15 is 0 Å². The summed E-state index contributed by atoms with van der Waals surface area (Å²) in [5.74, 6) is 0.658. The molecule has 3 heterocycles. The Hall–Kier alpha value is -2.92.